The molecule has 2 N–H and O–H groups in total. The summed E-state index contributed by atoms with van der Waals surface area (Å²) in [4.78, 5) is 0. The molecule has 2 nitrogen and oxygen atoms in total. The Bertz CT molecular complexity index is 409. The van der Waals surface area contributed by atoms with E-state index in [2.05, 4.69) is 32.0 Å². The smallest absolute Gasteiger partial charge is 0.0876 e. The van der Waals surface area contributed by atoms with E-state index in [1.807, 2.05) is 6.26 Å². The van der Waals surface area contributed by atoms with E-state index in [1.165, 1.54) is 22.3 Å². The lowest BCUT2D eigenvalue weighted by Crippen LogP contribution is -2.17. The van der Waals surface area contributed by atoms with Crippen LogP contribution in [0.3, 0.4) is 0 Å². The van der Waals surface area contributed by atoms with Crippen LogP contribution < -0.4 is 5.73 Å². The first kappa shape index (κ1) is 11.2. The molecule has 1 aromatic rings. The third kappa shape index (κ3) is 2.12. The minimum atomic E-state index is -0.0137. The molecule has 0 saturated carbocycles. The third-order valence-electron chi connectivity index (χ3n) is 3.34. The summed E-state index contributed by atoms with van der Waals surface area (Å²) in [5.74, 6) is 0. The summed E-state index contributed by atoms with van der Waals surface area (Å²) in [5, 5.41) is 0. The summed E-state index contributed by atoms with van der Waals surface area (Å²) in [6.07, 6.45) is 3.97. The second kappa shape index (κ2) is 4.71. The molecule has 2 heteroatoms. The second-order valence-electron chi connectivity index (χ2n) is 4.43. The van der Waals surface area contributed by atoms with Gasteiger partial charge in [0.2, 0.25) is 0 Å². The van der Waals surface area contributed by atoms with Crippen molar-refractivity contribution < 1.29 is 4.74 Å². The van der Waals surface area contributed by atoms with Gasteiger partial charge in [-0.15, -0.1) is 0 Å². The lowest BCUT2D eigenvalue weighted by Gasteiger charge is -2.22. The number of ether oxygens (including phenoxy) is 1. The quantitative estimate of drug-likeness (QED) is 0.826. The number of aryl methyl sites for hydroxylation is 1. The van der Waals surface area contributed by atoms with Crippen LogP contribution in [0.15, 0.2) is 30.0 Å². The van der Waals surface area contributed by atoms with Crippen molar-refractivity contribution in [1.82, 2.24) is 0 Å². The predicted molar refractivity (Wildman–Crippen MR) is 66.1 cm³/mol. The first-order valence-electron chi connectivity index (χ1n) is 5.82. The molecule has 86 valence electrons. The molecule has 1 unspecified atom stereocenters. The Hall–Kier alpha value is -1.28. The lowest BCUT2D eigenvalue weighted by molar-refractivity contribution is 0.221. The molecule has 0 bridgehead atoms. The van der Waals surface area contributed by atoms with Crippen molar-refractivity contribution >= 4 is 0 Å². The molecule has 1 aliphatic rings. The Morgan fingerprint density at radius 1 is 1.31 bits per heavy atom. The van der Waals surface area contributed by atoms with Crippen LogP contribution in [0.2, 0.25) is 0 Å². The van der Waals surface area contributed by atoms with Gasteiger partial charge in [-0.1, -0.05) is 18.2 Å². The molecule has 0 radical (unpaired) electrons. The Morgan fingerprint density at radius 2 is 2.12 bits per heavy atom. The molecule has 1 aromatic carbocycles. The fourth-order valence-corrected chi connectivity index (χ4v) is 2.12. The van der Waals surface area contributed by atoms with Crippen LogP contribution in [0.5, 0.6) is 0 Å². The lowest BCUT2D eigenvalue weighted by atomic mass is 9.91. The van der Waals surface area contributed by atoms with Crippen LogP contribution >= 0.6 is 0 Å². The molecular weight excluding hydrogens is 198 g/mol. The van der Waals surface area contributed by atoms with Gasteiger partial charge >= 0.3 is 0 Å². The van der Waals surface area contributed by atoms with Gasteiger partial charge in [-0.2, -0.15) is 0 Å². The molecular formula is C14H19NO. The van der Waals surface area contributed by atoms with Gasteiger partial charge < -0.3 is 10.5 Å². The SMILES string of the molecule is Cc1cccc(C(N)C2=COCCC2)c1C. The molecule has 0 spiro atoms. The van der Waals surface area contributed by atoms with E-state index in [0.29, 0.717) is 0 Å². The van der Waals surface area contributed by atoms with Crippen LogP contribution in [0.1, 0.15) is 35.6 Å². The highest BCUT2D eigenvalue weighted by Crippen LogP contribution is 2.28. The zero-order valence-corrected chi connectivity index (χ0v) is 9.99. The summed E-state index contributed by atoms with van der Waals surface area (Å²) in [6.45, 7) is 5.08. The van der Waals surface area contributed by atoms with E-state index in [0.717, 1.165) is 19.4 Å². The standard InChI is InChI=1S/C14H19NO/c1-10-5-3-7-13(11(10)2)14(15)12-6-4-8-16-9-12/h3,5,7,9,14H,4,6,8,15H2,1-2H3. The van der Waals surface area contributed by atoms with Gasteiger partial charge in [-0.3, -0.25) is 0 Å². The molecule has 1 atom stereocenters. The number of hydrogen-bond acceptors (Lipinski definition) is 2. The highest BCUT2D eigenvalue weighted by molar-refractivity contribution is 5.38. The monoisotopic (exact) mass is 217 g/mol. The highest BCUT2D eigenvalue weighted by atomic mass is 16.5. The third-order valence-corrected chi connectivity index (χ3v) is 3.34. The molecule has 0 fully saturated rings. The predicted octanol–water partition coefficient (Wildman–Crippen LogP) is 3.00. The number of benzene rings is 1. The fraction of sp³-hybridized carbons (Fsp3) is 0.429. The number of nitrogens with two attached hydrogens (primary N) is 1. The normalized spacial score (nSPS) is 17.6. The maximum atomic E-state index is 6.29. The Kier molecular flexibility index (Phi) is 3.30. The van der Waals surface area contributed by atoms with Crippen molar-refractivity contribution in [3.8, 4) is 0 Å². The van der Waals surface area contributed by atoms with Crippen LogP contribution in [0, 0.1) is 13.8 Å². The summed E-state index contributed by atoms with van der Waals surface area (Å²) in [6, 6.07) is 6.29. The van der Waals surface area contributed by atoms with E-state index in [1.54, 1.807) is 0 Å². The van der Waals surface area contributed by atoms with Crippen molar-refractivity contribution in [2.75, 3.05) is 6.61 Å². The number of hydrogen-bond donors (Lipinski definition) is 1. The summed E-state index contributed by atoms with van der Waals surface area (Å²) < 4.78 is 5.35. The Morgan fingerprint density at radius 3 is 2.81 bits per heavy atom. The average Bonchev–Trinajstić information content (AvgIpc) is 2.33. The maximum absolute atomic E-state index is 6.29. The van der Waals surface area contributed by atoms with Gasteiger partial charge in [0, 0.05) is 0 Å². The van der Waals surface area contributed by atoms with E-state index in [4.69, 9.17) is 10.5 Å². The van der Waals surface area contributed by atoms with Gasteiger partial charge in [0.05, 0.1) is 18.9 Å². The van der Waals surface area contributed by atoms with Crippen LogP contribution in [-0.4, -0.2) is 6.61 Å². The molecule has 16 heavy (non-hydrogen) atoms. The second-order valence-corrected chi connectivity index (χ2v) is 4.43. The van der Waals surface area contributed by atoms with Crippen LogP contribution in [-0.2, 0) is 4.74 Å². The van der Waals surface area contributed by atoms with E-state index >= 15 is 0 Å². The van der Waals surface area contributed by atoms with Crippen LogP contribution in [0.25, 0.3) is 0 Å². The van der Waals surface area contributed by atoms with Gasteiger partial charge in [0.25, 0.3) is 0 Å². The average molecular weight is 217 g/mol. The van der Waals surface area contributed by atoms with Gasteiger partial charge in [-0.25, -0.2) is 0 Å². The van der Waals surface area contributed by atoms with Crippen molar-refractivity contribution in [3.63, 3.8) is 0 Å². The largest absolute Gasteiger partial charge is 0.501 e. The zero-order chi connectivity index (χ0) is 11.5. The van der Waals surface area contributed by atoms with Crippen molar-refractivity contribution in [2.24, 2.45) is 5.73 Å². The molecule has 0 aliphatic carbocycles. The fourth-order valence-electron chi connectivity index (χ4n) is 2.12. The number of rotatable bonds is 2. The van der Waals surface area contributed by atoms with Gasteiger partial charge in [0.1, 0.15) is 0 Å². The summed E-state index contributed by atoms with van der Waals surface area (Å²) in [7, 11) is 0. The topological polar surface area (TPSA) is 35.2 Å². The van der Waals surface area contributed by atoms with E-state index < -0.39 is 0 Å². The molecule has 1 aliphatic heterocycles. The highest BCUT2D eigenvalue weighted by Gasteiger charge is 2.16. The molecule has 0 saturated heterocycles. The first-order valence-corrected chi connectivity index (χ1v) is 5.82. The molecule has 0 aromatic heterocycles. The summed E-state index contributed by atoms with van der Waals surface area (Å²) in [5.41, 5.74) is 11.3. The molecule has 2 rings (SSSR count). The van der Waals surface area contributed by atoms with Crippen molar-refractivity contribution in [2.45, 2.75) is 32.7 Å². The first-order chi connectivity index (χ1) is 7.70. The van der Waals surface area contributed by atoms with Gasteiger partial charge in [-0.05, 0) is 49.0 Å². The minimum absolute atomic E-state index is 0.0137. The van der Waals surface area contributed by atoms with Gasteiger partial charge in [0.15, 0.2) is 0 Å². The maximum Gasteiger partial charge on any atom is 0.0876 e. The van der Waals surface area contributed by atoms with E-state index in [9.17, 15) is 0 Å². The Labute approximate surface area is 97.1 Å². The summed E-state index contributed by atoms with van der Waals surface area (Å²) >= 11 is 0. The minimum Gasteiger partial charge on any atom is -0.501 e. The molecule has 0 amide bonds. The Balaban J connectivity index is 2.29. The van der Waals surface area contributed by atoms with Crippen molar-refractivity contribution in [3.05, 3.63) is 46.7 Å². The molecule has 1 heterocycles. The van der Waals surface area contributed by atoms with Crippen molar-refractivity contribution in [1.29, 1.82) is 0 Å². The van der Waals surface area contributed by atoms with E-state index in [-0.39, 0.29) is 6.04 Å². The van der Waals surface area contributed by atoms with Crippen LogP contribution in [0.4, 0.5) is 0 Å². The zero-order valence-electron chi connectivity index (χ0n) is 9.99.